The Bertz CT molecular complexity index is 475. The first-order valence-corrected chi connectivity index (χ1v) is 7.64. The van der Waals surface area contributed by atoms with E-state index in [0.29, 0.717) is 25.6 Å². The van der Waals surface area contributed by atoms with E-state index in [0.717, 1.165) is 18.4 Å². The van der Waals surface area contributed by atoms with E-state index in [1.54, 1.807) is 12.1 Å². The summed E-state index contributed by atoms with van der Waals surface area (Å²) in [6.45, 7) is 7.55. The van der Waals surface area contributed by atoms with Crippen molar-refractivity contribution in [2.75, 3.05) is 6.54 Å². The predicted octanol–water partition coefficient (Wildman–Crippen LogP) is 3.09. The van der Waals surface area contributed by atoms with Crippen molar-refractivity contribution in [1.29, 1.82) is 0 Å². The van der Waals surface area contributed by atoms with Crippen LogP contribution in [0.25, 0.3) is 0 Å². The van der Waals surface area contributed by atoms with Crippen LogP contribution in [0.5, 0.6) is 0 Å². The second-order valence-corrected chi connectivity index (χ2v) is 6.81. The molecule has 4 heteroatoms. The molecule has 21 heavy (non-hydrogen) atoms. The first-order valence-electron chi connectivity index (χ1n) is 7.64. The van der Waals surface area contributed by atoms with E-state index in [1.807, 2.05) is 4.90 Å². The zero-order chi connectivity index (χ0) is 15.5. The van der Waals surface area contributed by atoms with Gasteiger partial charge in [-0.3, -0.25) is 4.79 Å². The van der Waals surface area contributed by atoms with Crippen LogP contribution in [0, 0.1) is 5.82 Å². The van der Waals surface area contributed by atoms with Crippen LogP contribution in [0.15, 0.2) is 24.3 Å². The molecule has 1 saturated carbocycles. The van der Waals surface area contributed by atoms with Crippen molar-refractivity contribution in [3.63, 3.8) is 0 Å². The van der Waals surface area contributed by atoms with Gasteiger partial charge in [0.05, 0.1) is 0 Å². The average Bonchev–Trinajstić information content (AvgIpc) is 3.20. The first kappa shape index (κ1) is 16.0. The summed E-state index contributed by atoms with van der Waals surface area (Å²) < 4.78 is 12.9. The van der Waals surface area contributed by atoms with Gasteiger partial charge in [0.1, 0.15) is 5.82 Å². The maximum absolute atomic E-state index is 12.9. The van der Waals surface area contributed by atoms with Crippen molar-refractivity contribution in [2.24, 2.45) is 0 Å². The molecule has 1 fully saturated rings. The van der Waals surface area contributed by atoms with Crippen LogP contribution in [-0.2, 0) is 11.3 Å². The van der Waals surface area contributed by atoms with E-state index in [9.17, 15) is 9.18 Å². The Morgan fingerprint density at radius 1 is 1.29 bits per heavy atom. The first-order chi connectivity index (χ1) is 9.85. The van der Waals surface area contributed by atoms with E-state index >= 15 is 0 Å². The highest BCUT2D eigenvalue weighted by molar-refractivity contribution is 5.77. The summed E-state index contributed by atoms with van der Waals surface area (Å²) in [7, 11) is 0. The Labute approximate surface area is 126 Å². The molecule has 1 aromatic rings. The monoisotopic (exact) mass is 292 g/mol. The summed E-state index contributed by atoms with van der Waals surface area (Å²) in [5, 5.41) is 3.34. The molecule has 0 unspecified atom stereocenters. The van der Waals surface area contributed by atoms with Gasteiger partial charge in [-0.1, -0.05) is 12.1 Å². The van der Waals surface area contributed by atoms with E-state index in [-0.39, 0.29) is 17.3 Å². The fraction of sp³-hybridized carbons (Fsp3) is 0.588. The number of hydrogen-bond acceptors (Lipinski definition) is 2. The highest BCUT2D eigenvalue weighted by Gasteiger charge is 2.32. The second-order valence-electron chi connectivity index (χ2n) is 6.81. The summed E-state index contributed by atoms with van der Waals surface area (Å²) in [6.07, 6.45) is 2.67. The standard InChI is InChI=1S/C17H25FN2O/c1-17(2,3)19-11-10-16(21)20(15-8-9-15)12-13-4-6-14(18)7-5-13/h4-7,15,19H,8-12H2,1-3H3. The number of carbonyl (C=O) groups excluding carboxylic acids is 1. The second kappa shape index (κ2) is 6.56. The molecule has 0 aliphatic heterocycles. The van der Waals surface area contributed by atoms with E-state index < -0.39 is 0 Å². The molecule has 0 heterocycles. The summed E-state index contributed by atoms with van der Waals surface area (Å²) in [4.78, 5) is 14.3. The Morgan fingerprint density at radius 3 is 2.43 bits per heavy atom. The van der Waals surface area contributed by atoms with Crippen LogP contribution in [-0.4, -0.2) is 28.9 Å². The summed E-state index contributed by atoms with van der Waals surface area (Å²) in [6, 6.07) is 6.78. The third kappa shape index (κ3) is 5.46. The summed E-state index contributed by atoms with van der Waals surface area (Å²) in [5.74, 6) is -0.0593. The lowest BCUT2D eigenvalue weighted by atomic mass is 10.1. The van der Waals surface area contributed by atoms with Crippen LogP contribution in [0.3, 0.4) is 0 Å². The maximum atomic E-state index is 12.9. The summed E-state index contributed by atoms with van der Waals surface area (Å²) in [5.41, 5.74) is 1.02. The number of amides is 1. The minimum absolute atomic E-state index is 0.0294. The largest absolute Gasteiger partial charge is 0.335 e. The molecular formula is C17H25FN2O. The van der Waals surface area contributed by atoms with Gasteiger partial charge < -0.3 is 10.2 Å². The molecule has 1 aromatic carbocycles. The van der Waals surface area contributed by atoms with Crippen LogP contribution in [0.1, 0.15) is 45.6 Å². The lowest BCUT2D eigenvalue weighted by molar-refractivity contribution is -0.132. The number of rotatable bonds is 6. The lowest BCUT2D eigenvalue weighted by Crippen LogP contribution is -2.40. The van der Waals surface area contributed by atoms with E-state index in [1.165, 1.54) is 12.1 Å². The van der Waals surface area contributed by atoms with Gasteiger partial charge in [-0.15, -0.1) is 0 Å². The molecule has 0 radical (unpaired) electrons. The summed E-state index contributed by atoms with van der Waals surface area (Å²) >= 11 is 0. The predicted molar refractivity (Wildman–Crippen MR) is 82.3 cm³/mol. The molecule has 3 nitrogen and oxygen atoms in total. The fourth-order valence-corrected chi connectivity index (χ4v) is 2.28. The maximum Gasteiger partial charge on any atom is 0.224 e. The minimum Gasteiger partial charge on any atom is -0.335 e. The Hall–Kier alpha value is -1.42. The van der Waals surface area contributed by atoms with Gasteiger partial charge in [0, 0.05) is 31.1 Å². The topological polar surface area (TPSA) is 32.3 Å². The molecule has 1 aliphatic carbocycles. The zero-order valence-corrected chi connectivity index (χ0v) is 13.2. The van der Waals surface area contributed by atoms with Gasteiger partial charge in [0.25, 0.3) is 0 Å². The Kier molecular flexibility index (Phi) is 4.99. The highest BCUT2D eigenvalue weighted by Crippen LogP contribution is 2.29. The number of hydrogen-bond donors (Lipinski definition) is 1. The molecule has 1 N–H and O–H groups in total. The molecule has 0 bridgehead atoms. The smallest absolute Gasteiger partial charge is 0.224 e. The van der Waals surface area contributed by atoms with Gasteiger partial charge in [0.2, 0.25) is 5.91 Å². The Morgan fingerprint density at radius 2 is 1.90 bits per heavy atom. The molecule has 2 rings (SSSR count). The van der Waals surface area contributed by atoms with Gasteiger partial charge in [-0.05, 0) is 51.3 Å². The lowest BCUT2D eigenvalue weighted by Gasteiger charge is -2.25. The van der Waals surface area contributed by atoms with Crippen LogP contribution in [0.2, 0.25) is 0 Å². The van der Waals surface area contributed by atoms with Gasteiger partial charge in [-0.2, -0.15) is 0 Å². The van der Waals surface area contributed by atoms with Crippen molar-refractivity contribution in [3.8, 4) is 0 Å². The van der Waals surface area contributed by atoms with Crippen molar-refractivity contribution in [1.82, 2.24) is 10.2 Å². The van der Waals surface area contributed by atoms with Crippen LogP contribution >= 0.6 is 0 Å². The third-order valence-electron chi connectivity index (χ3n) is 3.57. The molecule has 0 saturated heterocycles. The Balaban J connectivity index is 1.89. The van der Waals surface area contributed by atoms with Crippen molar-refractivity contribution in [2.45, 2.75) is 58.2 Å². The zero-order valence-electron chi connectivity index (χ0n) is 13.2. The normalized spacial score (nSPS) is 15.0. The van der Waals surface area contributed by atoms with Crippen molar-refractivity contribution >= 4 is 5.91 Å². The number of carbonyl (C=O) groups is 1. The van der Waals surface area contributed by atoms with Gasteiger partial charge in [0.15, 0.2) is 0 Å². The average molecular weight is 292 g/mol. The molecular weight excluding hydrogens is 267 g/mol. The van der Waals surface area contributed by atoms with Gasteiger partial charge >= 0.3 is 0 Å². The molecule has 116 valence electrons. The number of nitrogens with zero attached hydrogens (tertiary/aromatic N) is 1. The van der Waals surface area contributed by atoms with Crippen molar-refractivity contribution < 1.29 is 9.18 Å². The van der Waals surface area contributed by atoms with Gasteiger partial charge in [-0.25, -0.2) is 4.39 Å². The third-order valence-corrected chi connectivity index (χ3v) is 3.57. The quantitative estimate of drug-likeness (QED) is 0.874. The fourth-order valence-electron chi connectivity index (χ4n) is 2.28. The molecule has 0 spiro atoms. The van der Waals surface area contributed by atoms with E-state index in [4.69, 9.17) is 0 Å². The molecule has 1 amide bonds. The number of benzene rings is 1. The number of nitrogens with one attached hydrogen (secondary N) is 1. The minimum atomic E-state index is -0.238. The molecule has 0 atom stereocenters. The molecule has 1 aliphatic rings. The molecule has 0 aromatic heterocycles. The number of halogens is 1. The van der Waals surface area contributed by atoms with Crippen LogP contribution < -0.4 is 5.32 Å². The van der Waals surface area contributed by atoms with E-state index in [2.05, 4.69) is 26.1 Å². The SMILES string of the molecule is CC(C)(C)NCCC(=O)N(Cc1ccc(F)cc1)C1CC1. The van der Waals surface area contributed by atoms with Crippen molar-refractivity contribution in [3.05, 3.63) is 35.6 Å². The van der Waals surface area contributed by atoms with Crippen LogP contribution in [0.4, 0.5) is 4.39 Å². The highest BCUT2D eigenvalue weighted by atomic mass is 19.1.